The van der Waals surface area contributed by atoms with E-state index < -0.39 is 0 Å². The van der Waals surface area contributed by atoms with Crippen LogP contribution in [0.15, 0.2) is 48.5 Å². The first-order valence-corrected chi connectivity index (χ1v) is 9.59. The van der Waals surface area contributed by atoms with Crippen molar-refractivity contribution < 1.29 is 9.84 Å². The molecule has 0 atom stereocenters. The molecule has 2 aromatic rings. The number of benzene rings is 2. The van der Waals surface area contributed by atoms with Crippen LogP contribution in [0.25, 0.3) is 0 Å². The van der Waals surface area contributed by atoms with Gasteiger partial charge in [-0.1, -0.05) is 36.4 Å². The number of halogens is 2. The Bertz CT molecular complexity index is 677. The van der Waals surface area contributed by atoms with Gasteiger partial charge < -0.3 is 19.6 Å². The largest absolute Gasteiger partial charge is 0.504 e. The average Bonchev–Trinajstić information content (AvgIpc) is 2.69. The van der Waals surface area contributed by atoms with Crippen molar-refractivity contribution in [1.29, 1.82) is 0 Å². The quantitative estimate of drug-likeness (QED) is 0.690. The summed E-state index contributed by atoms with van der Waals surface area (Å²) in [5, 5.41) is 9.68. The van der Waals surface area contributed by atoms with Gasteiger partial charge in [-0.25, -0.2) is 0 Å². The number of ether oxygens (including phenoxy) is 1. The molecule has 1 N–H and O–H groups in total. The highest BCUT2D eigenvalue weighted by Gasteiger charge is 2.16. The standard InChI is InChI=1S/C22H30N2O2.2ClH/c1-26-22-18-20(9-10-21(22)25)11-13-24-16-14-23(15-17-24)12-5-8-19-6-3-2-4-7-19;;/h2-4,6-7,9-10,18,25H,5,8,11-17H2,1H3;2*1H. The molecule has 3 rings (SSSR count). The van der Waals surface area contributed by atoms with Crippen molar-refractivity contribution in [1.82, 2.24) is 9.80 Å². The SMILES string of the molecule is COc1cc(CCN2CCN(CCCc3ccccc3)CC2)ccc1O.Cl.Cl. The van der Waals surface area contributed by atoms with Crippen LogP contribution in [-0.4, -0.2) is 61.3 Å². The second kappa shape index (κ2) is 12.9. The summed E-state index contributed by atoms with van der Waals surface area (Å²) in [7, 11) is 1.59. The third-order valence-corrected chi connectivity index (χ3v) is 5.21. The highest BCUT2D eigenvalue weighted by atomic mass is 35.5. The molecule has 2 aromatic carbocycles. The van der Waals surface area contributed by atoms with Gasteiger partial charge in [0.15, 0.2) is 11.5 Å². The molecule has 28 heavy (non-hydrogen) atoms. The molecule has 0 aliphatic carbocycles. The number of nitrogens with zero attached hydrogens (tertiary/aromatic N) is 2. The molecular weight excluding hydrogens is 395 g/mol. The van der Waals surface area contributed by atoms with Crippen molar-refractivity contribution in [3.63, 3.8) is 0 Å². The lowest BCUT2D eigenvalue weighted by molar-refractivity contribution is 0.132. The predicted molar refractivity (Wildman–Crippen MR) is 121 cm³/mol. The Morgan fingerprint density at radius 1 is 0.821 bits per heavy atom. The summed E-state index contributed by atoms with van der Waals surface area (Å²) >= 11 is 0. The zero-order valence-corrected chi connectivity index (χ0v) is 18.2. The summed E-state index contributed by atoms with van der Waals surface area (Å²) in [6.07, 6.45) is 3.39. The molecule has 1 heterocycles. The van der Waals surface area contributed by atoms with Gasteiger partial charge in [-0.2, -0.15) is 0 Å². The fraction of sp³-hybridized carbons (Fsp3) is 0.455. The van der Waals surface area contributed by atoms with Gasteiger partial charge in [0.1, 0.15) is 0 Å². The first-order chi connectivity index (χ1) is 12.7. The highest BCUT2D eigenvalue weighted by molar-refractivity contribution is 5.85. The minimum absolute atomic E-state index is 0. The number of phenolic OH excluding ortho intramolecular Hbond substituents is 1. The number of aromatic hydroxyl groups is 1. The molecular formula is C22H32Cl2N2O2. The van der Waals surface area contributed by atoms with E-state index >= 15 is 0 Å². The van der Waals surface area contributed by atoms with Crippen molar-refractivity contribution in [3.8, 4) is 11.5 Å². The van der Waals surface area contributed by atoms with Gasteiger partial charge in [0.25, 0.3) is 0 Å². The molecule has 0 radical (unpaired) electrons. The maximum Gasteiger partial charge on any atom is 0.160 e. The van der Waals surface area contributed by atoms with Gasteiger partial charge in [0, 0.05) is 32.7 Å². The van der Waals surface area contributed by atoms with Gasteiger partial charge in [-0.05, 0) is 49.1 Å². The fourth-order valence-electron chi connectivity index (χ4n) is 3.55. The molecule has 0 saturated carbocycles. The lowest BCUT2D eigenvalue weighted by atomic mass is 10.1. The van der Waals surface area contributed by atoms with E-state index in [2.05, 4.69) is 40.1 Å². The minimum atomic E-state index is 0. The Balaban J connectivity index is 0.00000196. The van der Waals surface area contributed by atoms with Crippen molar-refractivity contribution in [3.05, 3.63) is 59.7 Å². The van der Waals surface area contributed by atoms with Crippen LogP contribution in [-0.2, 0) is 12.8 Å². The molecule has 0 spiro atoms. The van der Waals surface area contributed by atoms with Crippen molar-refractivity contribution in [2.75, 3.05) is 46.4 Å². The zero-order valence-electron chi connectivity index (χ0n) is 16.5. The molecule has 1 aliphatic rings. The fourth-order valence-corrected chi connectivity index (χ4v) is 3.55. The lowest BCUT2D eigenvalue weighted by Gasteiger charge is -2.34. The molecule has 1 aliphatic heterocycles. The Morgan fingerprint density at radius 2 is 1.46 bits per heavy atom. The Hall–Kier alpha value is -1.46. The molecule has 0 bridgehead atoms. The molecule has 0 unspecified atom stereocenters. The van der Waals surface area contributed by atoms with Crippen molar-refractivity contribution in [2.24, 2.45) is 0 Å². The van der Waals surface area contributed by atoms with E-state index in [0.29, 0.717) is 5.75 Å². The van der Waals surface area contributed by atoms with Crippen LogP contribution < -0.4 is 4.74 Å². The third kappa shape index (κ3) is 7.51. The monoisotopic (exact) mass is 426 g/mol. The van der Waals surface area contributed by atoms with E-state index in [1.165, 1.54) is 30.5 Å². The lowest BCUT2D eigenvalue weighted by Crippen LogP contribution is -2.47. The van der Waals surface area contributed by atoms with Crippen LogP contribution >= 0.6 is 24.8 Å². The normalized spacial score (nSPS) is 14.8. The summed E-state index contributed by atoms with van der Waals surface area (Å²) in [4.78, 5) is 5.12. The number of hydrogen-bond donors (Lipinski definition) is 1. The predicted octanol–water partition coefficient (Wildman–Crippen LogP) is 4.04. The van der Waals surface area contributed by atoms with Gasteiger partial charge in [-0.3, -0.25) is 0 Å². The minimum Gasteiger partial charge on any atom is -0.504 e. The van der Waals surface area contributed by atoms with Crippen LogP contribution in [0, 0.1) is 0 Å². The van der Waals surface area contributed by atoms with Crippen LogP contribution in [0.4, 0.5) is 0 Å². The number of piperazine rings is 1. The Morgan fingerprint density at radius 3 is 2.11 bits per heavy atom. The summed E-state index contributed by atoms with van der Waals surface area (Å²) < 4.78 is 5.19. The van der Waals surface area contributed by atoms with Gasteiger partial charge in [0.2, 0.25) is 0 Å². The summed E-state index contributed by atoms with van der Waals surface area (Å²) in [6.45, 7) is 6.85. The molecule has 0 aromatic heterocycles. The first kappa shape index (κ1) is 24.6. The second-order valence-electron chi connectivity index (χ2n) is 7.03. The van der Waals surface area contributed by atoms with Crippen LogP contribution in [0.1, 0.15) is 17.5 Å². The topological polar surface area (TPSA) is 35.9 Å². The zero-order chi connectivity index (χ0) is 18.2. The molecule has 4 nitrogen and oxygen atoms in total. The second-order valence-corrected chi connectivity index (χ2v) is 7.03. The third-order valence-electron chi connectivity index (χ3n) is 5.21. The number of rotatable bonds is 8. The number of phenols is 1. The average molecular weight is 427 g/mol. The van der Waals surface area contributed by atoms with E-state index in [0.717, 1.165) is 39.1 Å². The molecule has 1 saturated heterocycles. The maximum atomic E-state index is 9.68. The maximum absolute atomic E-state index is 9.68. The van der Waals surface area contributed by atoms with E-state index in [4.69, 9.17) is 4.74 Å². The van der Waals surface area contributed by atoms with Crippen LogP contribution in [0.2, 0.25) is 0 Å². The van der Waals surface area contributed by atoms with Crippen LogP contribution in [0.5, 0.6) is 11.5 Å². The summed E-state index contributed by atoms with van der Waals surface area (Å²) in [5.74, 6) is 0.770. The van der Waals surface area contributed by atoms with E-state index in [1.807, 2.05) is 12.1 Å². The Kier molecular flexibility index (Phi) is 11.3. The number of aryl methyl sites for hydroxylation is 1. The van der Waals surface area contributed by atoms with E-state index in [-0.39, 0.29) is 30.6 Å². The van der Waals surface area contributed by atoms with Gasteiger partial charge >= 0.3 is 0 Å². The molecule has 0 amide bonds. The van der Waals surface area contributed by atoms with Crippen LogP contribution in [0.3, 0.4) is 0 Å². The molecule has 1 fully saturated rings. The smallest absolute Gasteiger partial charge is 0.160 e. The summed E-state index contributed by atoms with van der Waals surface area (Å²) in [6, 6.07) is 16.4. The number of hydrogen-bond acceptors (Lipinski definition) is 4. The Labute approximate surface area is 181 Å². The van der Waals surface area contributed by atoms with E-state index in [9.17, 15) is 5.11 Å². The van der Waals surface area contributed by atoms with Crippen molar-refractivity contribution >= 4 is 24.8 Å². The van der Waals surface area contributed by atoms with Crippen molar-refractivity contribution in [2.45, 2.75) is 19.3 Å². The highest BCUT2D eigenvalue weighted by Crippen LogP contribution is 2.26. The van der Waals surface area contributed by atoms with Gasteiger partial charge in [-0.15, -0.1) is 24.8 Å². The van der Waals surface area contributed by atoms with E-state index in [1.54, 1.807) is 13.2 Å². The molecule has 156 valence electrons. The molecule has 6 heteroatoms. The summed E-state index contributed by atoms with van der Waals surface area (Å²) in [5.41, 5.74) is 2.65. The number of methoxy groups -OCH3 is 1. The van der Waals surface area contributed by atoms with Gasteiger partial charge in [0.05, 0.1) is 7.11 Å². The first-order valence-electron chi connectivity index (χ1n) is 9.59.